The number of nitrogens with one attached hydrogen (secondary N) is 1. The first kappa shape index (κ1) is 12.6. The van der Waals surface area contributed by atoms with Crippen LogP contribution in [0.25, 0.3) is 0 Å². The van der Waals surface area contributed by atoms with Gasteiger partial charge in [0.15, 0.2) is 0 Å². The first-order valence-corrected chi connectivity index (χ1v) is 6.82. The molecule has 2 nitrogen and oxygen atoms in total. The Bertz CT molecular complexity index is 553. The molecule has 4 heteroatoms. The summed E-state index contributed by atoms with van der Waals surface area (Å²) in [7, 11) is 0. The van der Waals surface area contributed by atoms with Crippen molar-refractivity contribution in [3.05, 3.63) is 50.5 Å². The van der Waals surface area contributed by atoms with Crippen LogP contribution in [0.2, 0.25) is 0 Å². The minimum absolute atomic E-state index is 0.844. The lowest BCUT2D eigenvalue weighted by Crippen LogP contribution is -1.96. The highest BCUT2D eigenvalue weighted by Crippen LogP contribution is 2.28. The van der Waals surface area contributed by atoms with Gasteiger partial charge in [-0.1, -0.05) is 12.1 Å². The average Bonchev–Trinajstić information content (AvgIpc) is 2.30. The SMILES string of the molecule is Cc1cccc(Nc2ccc(Br)c(C)n2)c1Br. The van der Waals surface area contributed by atoms with Gasteiger partial charge in [-0.3, -0.25) is 0 Å². The molecule has 17 heavy (non-hydrogen) atoms. The highest BCUT2D eigenvalue weighted by Gasteiger charge is 2.04. The van der Waals surface area contributed by atoms with Gasteiger partial charge in [-0.25, -0.2) is 4.98 Å². The van der Waals surface area contributed by atoms with E-state index in [-0.39, 0.29) is 0 Å². The number of pyridine rings is 1. The molecule has 0 fully saturated rings. The maximum Gasteiger partial charge on any atom is 0.130 e. The van der Waals surface area contributed by atoms with Crippen molar-refractivity contribution in [1.82, 2.24) is 4.98 Å². The minimum atomic E-state index is 0.844. The Morgan fingerprint density at radius 3 is 2.53 bits per heavy atom. The van der Waals surface area contributed by atoms with Gasteiger partial charge >= 0.3 is 0 Å². The number of anilines is 2. The first-order valence-electron chi connectivity index (χ1n) is 5.23. The fourth-order valence-electron chi connectivity index (χ4n) is 1.50. The van der Waals surface area contributed by atoms with E-state index >= 15 is 0 Å². The van der Waals surface area contributed by atoms with Gasteiger partial charge < -0.3 is 5.32 Å². The number of hydrogen-bond donors (Lipinski definition) is 1. The smallest absolute Gasteiger partial charge is 0.130 e. The molecule has 0 aliphatic heterocycles. The lowest BCUT2D eigenvalue weighted by molar-refractivity contribution is 1.18. The van der Waals surface area contributed by atoms with Crippen LogP contribution in [0.1, 0.15) is 11.3 Å². The Kier molecular flexibility index (Phi) is 3.84. The van der Waals surface area contributed by atoms with Crippen molar-refractivity contribution >= 4 is 43.4 Å². The van der Waals surface area contributed by atoms with Crippen LogP contribution in [0.15, 0.2) is 39.3 Å². The number of aryl methyl sites for hydroxylation is 2. The molecule has 88 valence electrons. The molecule has 0 spiro atoms. The van der Waals surface area contributed by atoms with Gasteiger partial charge in [0.25, 0.3) is 0 Å². The van der Waals surface area contributed by atoms with Gasteiger partial charge in [-0.05, 0) is 69.5 Å². The molecule has 1 heterocycles. The van der Waals surface area contributed by atoms with E-state index < -0.39 is 0 Å². The standard InChI is InChI=1S/C13H12Br2N2/c1-8-4-3-5-11(13(8)15)17-12-7-6-10(14)9(2)16-12/h3-7H,1-2H3,(H,16,17). The molecule has 1 N–H and O–H groups in total. The summed E-state index contributed by atoms with van der Waals surface area (Å²) < 4.78 is 2.09. The molecule has 0 radical (unpaired) electrons. The summed E-state index contributed by atoms with van der Waals surface area (Å²) in [6.45, 7) is 4.04. The molecule has 2 aromatic rings. The van der Waals surface area contributed by atoms with Crippen molar-refractivity contribution < 1.29 is 0 Å². The second-order valence-electron chi connectivity index (χ2n) is 3.83. The third kappa shape index (κ3) is 2.87. The zero-order valence-electron chi connectivity index (χ0n) is 9.59. The fourth-order valence-corrected chi connectivity index (χ4v) is 2.08. The topological polar surface area (TPSA) is 24.9 Å². The second-order valence-corrected chi connectivity index (χ2v) is 5.47. The minimum Gasteiger partial charge on any atom is -0.339 e. The number of halogens is 2. The third-order valence-electron chi connectivity index (χ3n) is 2.48. The maximum atomic E-state index is 4.46. The van der Waals surface area contributed by atoms with E-state index in [1.807, 2.05) is 31.2 Å². The molecule has 1 aromatic heterocycles. The van der Waals surface area contributed by atoms with Gasteiger partial charge in [0, 0.05) is 8.95 Å². The summed E-state index contributed by atoms with van der Waals surface area (Å²) in [6, 6.07) is 10.1. The Hall–Kier alpha value is -0.870. The first-order chi connectivity index (χ1) is 8.08. The highest BCUT2D eigenvalue weighted by molar-refractivity contribution is 9.11. The zero-order valence-corrected chi connectivity index (χ0v) is 12.8. The second kappa shape index (κ2) is 5.19. The van der Waals surface area contributed by atoms with Crippen LogP contribution in [0.5, 0.6) is 0 Å². The van der Waals surface area contributed by atoms with Crippen molar-refractivity contribution in [2.45, 2.75) is 13.8 Å². The quantitative estimate of drug-likeness (QED) is 0.822. The molecule has 0 saturated heterocycles. The molecule has 0 atom stereocenters. The predicted octanol–water partition coefficient (Wildman–Crippen LogP) is 4.97. The van der Waals surface area contributed by atoms with Gasteiger partial charge in [-0.15, -0.1) is 0 Å². The van der Waals surface area contributed by atoms with E-state index in [0.717, 1.165) is 26.1 Å². The molecule has 0 aliphatic carbocycles. The van der Waals surface area contributed by atoms with Crippen molar-refractivity contribution in [1.29, 1.82) is 0 Å². The molecule has 0 bridgehead atoms. The lowest BCUT2D eigenvalue weighted by Gasteiger charge is -2.10. The third-order valence-corrected chi connectivity index (χ3v) is 4.37. The fraction of sp³-hybridized carbons (Fsp3) is 0.154. The van der Waals surface area contributed by atoms with Crippen molar-refractivity contribution in [2.24, 2.45) is 0 Å². The normalized spacial score (nSPS) is 10.4. The summed E-state index contributed by atoms with van der Waals surface area (Å²) in [5.74, 6) is 0.844. The van der Waals surface area contributed by atoms with E-state index in [1.54, 1.807) is 0 Å². The Morgan fingerprint density at radius 2 is 1.82 bits per heavy atom. The molecule has 0 amide bonds. The van der Waals surface area contributed by atoms with Crippen molar-refractivity contribution in [3.8, 4) is 0 Å². The van der Waals surface area contributed by atoms with Crippen LogP contribution < -0.4 is 5.32 Å². The van der Waals surface area contributed by atoms with Crippen molar-refractivity contribution in [3.63, 3.8) is 0 Å². The maximum absolute atomic E-state index is 4.46. The molecular formula is C13H12Br2N2. The molecular weight excluding hydrogens is 344 g/mol. The number of rotatable bonds is 2. The summed E-state index contributed by atoms with van der Waals surface area (Å²) in [5.41, 5.74) is 3.20. The summed E-state index contributed by atoms with van der Waals surface area (Å²) in [5, 5.41) is 3.30. The Morgan fingerprint density at radius 1 is 1.06 bits per heavy atom. The van der Waals surface area contributed by atoms with Crippen LogP contribution in [0.3, 0.4) is 0 Å². The van der Waals surface area contributed by atoms with E-state index in [2.05, 4.69) is 55.2 Å². The van der Waals surface area contributed by atoms with E-state index in [1.165, 1.54) is 5.56 Å². The van der Waals surface area contributed by atoms with Gasteiger partial charge in [0.1, 0.15) is 5.82 Å². The largest absolute Gasteiger partial charge is 0.339 e. The Labute approximate surface area is 118 Å². The van der Waals surface area contributed by atoms with E-state index in [0.29, 0.717) is 0 Å². The van der Waals surface area contributed by atoms with Crippen LogP contribution in [0, 0.1) is 13.8 Å². The van der Waals surface area contributed by atoms with E-state index in [9.17, 15) is 0 Å². The Balaban J connectivity index is 2.31. The molecule has 0 aliphatic rings. The van der Waals surface area contributed by atoms with Crippen LogP contribution >= 0.6 is 31.9 Å². The molecule has 0 saturated carbocycles. The summed E-state index contributed by atoms with van der Waals surface area (Å²) in [6.07, 6.45) is 0. The molecule has 2 rings (SSSR count). The van der Waals surface area contributed by atoms with Gasteiger partial charge in [-0.2, -0.15) is 0 Å². The lowest BCUT2D eigenvalue weighted by atomic mass is 10.2. The molecule has 1 aromatic carbocycles. The summed E-state index contributed by atoms with van der Waals surface area (Å²) >= 11 is 7.01. The van der Waals surface area contributed by atoms with E-state index in [4.69, 9.17) is 0 Å². The zero-order chi connectivity index (χ0) is 12.4. The number of benzene rings is 1. The highest BCUT2D eigenvalue weighted by atomic mass is 79.9. The van der Waals surface area contributed by atoms with Crippen LogP contribution in [0.4, 0.5) is 11.5 Å². The molecule has 0 unspecified atom stereocenters. The number of nitrogens with zero attached hydrogens (tertiary/aromatic N) is 1. The number of aromatic nitrogens is 1. The van der Waals surface area contributed by atoms with Crippen LogP contribution in [-0.4, -0.2) is 4.98 Å². The van der Waals surface area contributed by atoms with Gasteiger partial charge in [0.2, 0.25) is 0 Å². The monoisotopic (exact) mass is 354 g/mol. The number of hydrogen-bond acceptors (Lipinski definition) is 2. The van der Waals surface area contributed by atoms with Crippen molar-refractivity contribution in [2.75, 3.05) is 5.32 Å². The average molecular weight is 356 g/mol. The van der Waals surface area contributed by atoms with Gasteiger partial charge in [0.05, 0.1) is 11.4 Å². The summed E-state index contributed by atoms with van der Waals surface area (Å²) in [4.78, 5) is 4.46. The predicted molar refractivity (Wildman–Crippen MR) is 78.8 cm³/mol. The van der Waals surface area contributed by atoms with Crippen LogP contribution in [-0.2, 0) is 0 Å².